The molecule has 0 aliphatic carbocycles. The molecule has 2 aromatic carbocycles. The van der Waals surface area contributed by atoms with E-state index in [0.29, 0.717) is 22.3 Å². The minimum atomic E-state index is -0.310. The minimum absolute atomic E-state index is 0.0488. The van der Waals surface area contributed by atoms with E-state index >= 15 is 0 Å². The topological polar surface area (TPSA) is 65.0 Å². The second kappa shape index (κ2) is 11.6. The zero-order valence-electron chi connectivity index (χ0n) is 20.4. The number of carbonyl (C=O) groups is 1. The summed E-state index contributed by atoms with van der Waals surface area (Å²) in [4.78, 5) is 18.0. The van der Waals surface area contributed by atoms with Crippen molar-refractivity contribution in [3.05, 3.63) is 63.6 Å². The van der Waals surface area contributed by atoms with E-state index in [1.165, 1.54) is 0 Å². The number of aliphatic hydroxyl groups excluding tert-OH is 1. The maximum atomic E-state index is 13.7. The zero-order chi connectivity index (χ0) is 24.9. The molecule has 0 saturated carbocycles. The summed E-state index contributed by atoms with van der Waals surface area (Å²) in [6.45, 7) is 8.79. The number of halogens is 2. The molecule has 2 aromatic rings. The maximum Gasteiger partial charge on any atom is 0.318 e. The number of piperidine rings is 1. The van der Waals surface area contributed by atoms with Gasteiger partial charge >= 0.3 is 6.03 Å². The van der Waals surface area contributed by atoms with E-state index in [2.05, 4.69) is 31.1 Å². The summed E-state index contributed by atoms with van der Waals surface area (Å²) in [6, 6.07) is 12.7. The summed E-state index contributed by atoms with van der Waals surface area (Å²) in [6.07, 6.45) is 0.879. The van der Waals surface area contributed by atoms with Crippen molar-refractivity contribution in [3.63, 3.8) is 0 Å². The predicted octanol–water partition coefficient (Wildman–Crippen LogP) is 5.37. The highest BCUT2D eigenvalue weighted by Crippen LogP contribution is 2.35. The number of ether oxygens (including phenoxy) is 1. The first-order valence-corrected chi connectivity index (χ1v) is 12.4. The van der Waals surface area contributed by atoms with Gasteiger partial charge in [0.1, 0.15) is 12.4 Å². The van der Waals surface area contributed by atoms with Gasteiger partial charge in [-0.25, -0.2) is 4.79 Å². The molecule has 1 saturated heterocycles. The van der Waals surface area contributed by atoms with E-state index in [9.17, 15) is 4.79 Å². The summed E-state index contributed by atoms with van der Waals surface area (Å²) in [5, 5.41) is 13.1. The number of likely N-dealkylation sites (tertiary alicyclic amines) is 1. The molecule has 6 nitrogen and oxygen atoms in total. The van der Waals surface area contributed by atoms with Crippen molar-refractivity contribution in [1.82, 2.24) is 15.1 Å². The Kier molecular flexibility index (Phi) is 9.10. The number of carbonyl (C=O) groups excluding carboxylic acids is 1. The zero-order valence-corrected chi connectivity index (χ0v) is 21.9. The SMILES string of the molecule is C[C@@H](NC(=O)N(Cc1cccc(OCCO)c1)C1CCN(C)CC1(C)C)c1cccc(Cl)c1Cl. The largest absolute Gasteiger partial charge is 0.491 e. The molecule has 1 aliphatic heterocycles. The molecule has 2 amide bonds. The molecule has 2 atom stereocenters. The molecule has 1 heterocycles. The summed E-state index contributed by atoms with van der Waals surface area (Å²) in [5.74, 6) is 0.675. The van der Waals surface area contributed by atoms with Crippen LogP contribution in [0.3, 0.4) is 0 Å². The van der Waals surface area contributed by atoms with Gasteiger partial charge in [-0.1, -0.05) is 61.3 Å². The lowest BCUT2D eigenvalue weighted by molar-refractivity contribution is 0.0300. The summed E-state index contributed by atoms with van der Waals surface area (Å²) in [7, 11) is 2.12. The van der Waals surface area contributed by atoms with E-state index < -0.39 is 0 Å². The van der Waals surface area contributed by atoms with Gasteiger partial charge in [-0.15, -0.1) is 0 Å². The Morgan fingerprint density at radius 1 is 1.29 bits per heavy atom. The maximum absolute atomic E-state index is 13.7. The number of hydrogen-bond donors (Lipinski definition) is 2. The second-order valence-electron chi connectivity index (χ2n) is 9.69. The highest BCUT2D eigenvalue weighted by Gasteiger charge is 2.40. The van der Waals surface area contributed by atoms with Crippen LogP contribution in [0.15, 0.2) is 42.5 Å². The van der Waals surface area contributed by atoms with Crippen LogP contribution in [-0.4, -0.2) is 60.3 Å². The van der Waals surface area contributed by atoms with Crippen molar-refractivity contribution < 1.29 is 14.6 Å². The lowest BCUT2D eigenvalue weighted by Crippen LogP contribution is -2.58. The van der Waals surface area contributed by atoms with Crippen molar-refractivity contribution >= 4 is 29.2 Å². The van der Waals surface area contributed by atoms with Crippen LogP contribution >= 0.6 is 23.2 Å². The van der Waals surface area contributed by atoms with E-state index in [0.717, 1.165) is 30.6 Å². The molecule has 1 fully saturated rings. The smallest absolute Gasteiger partial charge is 0.318 e. The minimum Gasteiger partial charge on any atom is -0.491 e. The first-order valence-electron chi connectivity index (χ1n) is 11.6. The fraction of sp³-hybridized carbons (Fsp3) is 0.500. The van der Waals surface area contributed by atoms with E-state index in [1.807, 2.05) is 48.2 Å². The van der Waals surface area contributed by atoms with Gasteiger partial charge in [-0.3, -0.25) is 0 Å². The molecule has 186 valence electrons. The average Bonchev–Trinajstić information content (AvgIpc) is 2.78. The van der Waals surface area contributed by atoms with Crippen LogP contribution < -0.4 is 10.1 Å². The molecule has 8 heteroatoms. The molecule has 0 radical (unpaired) electrons. The van der Waals surface area contributed by atoms with Crippen molar-refractivity contribution in [2.24, 2.45) is 5.41 Å². The van der Waals surface area contributed by atoms with Gasteiger partial charge in [-0.05, 0) is 61.7 Å². The Morgan fingerprint density at radius 2 is 2.03 bits per heavy atom. The number of benzene rings is 2. The summed E-state index contributed by atoms with van der Waals surface area (Å²) in [5.41, 5.74) is 1.66. The Morgan fingerprint density at radius 3 is 2.74 bits per heavy atom. The molecule has 0 bridgehead atoms. The number of hydrogen-bond acceptors (Lipinski definition) is 4. The second-order valence-corrected chi connectivity index (χ2v) is 10.5. The normalized spacial score (nSPS) is 18.9. The van der Waals surface area contributed by atoms with Crippen LogP contribution in [-0.2, 0) is 6.54 Å². The lowest BCUT2D eigenvalue weighted by atomic mass is 9.78. The molecule has 34 heavy (non-hydrogen) atoms. The van der Waals surface area contributed by atoms with Crippen LogP contribution in [0.2, 0.25) is 10.0 Å². The third-order valence-electron chi connectivity index (χ3n) is 6.40. The quantitative estimate of drug-likeness (QED) is 0.504. The standard InChI is InChI=1S/C26H35Cl2N3O3/c1-18(21-9-6-10-22(27)24(21)28)29-25(33)31(23-11-12-30(4)17-26(23,2)3)16-19-7-5-8-20(15-19)34-14-13-32/h5-10,15,18,23,32H,11-14,16-17H2,1-4H3,(H,29,33)/t18-,23?/m1/s1. The Balaban J connectivity index is 1.87. The van der Waals surface area contributed by atoms with Gasteiger partial charge in [0.05, 0.1) is 22.7 Å². The van der Waals surface area contributed by atoms with Crippen molar-refractivity contribution in [3.8, 4) is 5.75 Å². The molecular formula is C26H35Cl2N3O3. The first kappa shape index (κ1) is 26.6. The van der Waals surface area contributed by atoms with Gasteiger partial charge in [-0.2, -0.15) is 0 Å². The van der Waals surface area contributed by atoms with Gasteiger partial charge in [0.15, 0.2) is 0 Å². The Hall–Kier alpha value is -1.99. The van der Waals surface area contributed by atoms with Crippen LogP contribution in [0.5, 0.6) is 5.75 Å². The van der Waals surface area contributed by atoms with Gasteiger partial charge in [0, 0.05) is 19.1 Å². The molecule has 0 aromatic heterocycles. The molecule has 3 rings (SSSR count). The predicted molar refractivity (Wildman–Crippen MR) is 138 cm³/mol. The molecule has 2 N–H and O–H groups in total. The van der Waals surface area contributed by atoms with E-state index in [1.54, 1.807) is 6.07 Å². The average molecular weight is 508 g/mol. The van der Waals surface area contributed by atoms with Crippen molar-refractivity contribution in [2.45, 2.75) is 45.8 Å². The van der Waals surface area contributed by atoms with E-state index in [4.69, 9.17) is 33.0 Å². The first-order chi connectivity index (χ1) is 16.1. The fourth-order valence-corrected chi connectivity index (χ4v) is 5.28. The van der Waals surface area contributed by atoms with Crippen molar-refractivity contribution in [1.29, 1.82) is 0 Å². The highest BCUT2D eigenvalue weighted by molar-refractivity contribution is 6.42. The Bertz CT molecular complexity index is 986. The third-order valence-corrected chi connectivity index (χ3v) is 7.23. The molecule has 1 aliphatic rings. The summed E-state index contributed by atoms with van der Waals surface area (Å²) < 4.78 is 5.58. The van der Waals surface area contributed by atoms with Gasteiger partial charge in [0.2, 0.25) is 0 Å². The number of urea groups is 1. The van der Waals surface area contributed by atoms with Crippen molar-refractivity contribution in [2.75, 3.05) is 33.4 Å². The molecule has 0 spiro atoms. The number of rotatable bonds is 8. The Labute approximate surface area is 212 Å². The van der Waals surface area contributed by atoms with Crippen LogP contribution in [0.4, 0.5) is 4.79 Å². The van der Waals surface area contributed by atoms with Crippen LogP contribution in [0.25, 0.3) is 0 Å². The lowest BCUT2D eigenvalue weighted by Gasteiger charge is -2.48. The summed E-state index contributed by atoms with van der Waals surface area (Å²) >= 11 is 12.6. The highest BCUT2D eigenvalue weighted by atomic mass is 35.5. The number of nitrogens with zero attached hydrogens (tertiary/aromatic N) is 2. The molecule has 1 unspecified atom stereocenters. The van der Waals surface area contributed by atoms with Crippen LogP contribution in [0.1, 0.15) is 44.4 Å². The monoisotopic (exact) mass is 507 g/mol. The molecular weight excluding hydrogens is 473 g/mol. The number of nitrogens with one attached hydrogen (secondary N) is 1. The third kappa shape index (κ3) is 6.57. The number of amides is 2. The van der Waals surface area contributed by atoms with Gasteiger partial charge < -0.3 is 25.0 Å². The van der Waals surface area contributed by atoms with E-state index in [-0.39, 0.29) is 36.7 Å². The van der Waals surface area contributed by atoms with Crippen LogP contribution in [0, 0.1) is 5.41 Å². The fourth-order valence-electron chi connectivity index (χ4n) is 4.81. The van der Waals surface area contributed by atoms with Gasteiger partial charge in [0.25, 0.3) is 0 Å². The number of aliphatic hydroxyl groups is 1.